The molecule has 1 amide bonds. The third-order valence-corrected chi connectivity index (χ3v) is 17.0. The molecule has 0 rings (SSSR count). The number of rotatable bonds is 68. The van der Waals surface area contributed by atoms with Crippen molar-refractivity contribution in [3.63, 3.8) is 0 Å². The Hall–Kier alpha value is -1.66. The number of hydrogen-bond acceptors (Lipinski definition) is 5. The summed E-state index contributed by atoms with van der Waals surface area (Å²) in [6, 6.07) is -0.540. The number of carbonyl (C=O) groups is 2. The first-order valence-corrected chi connectivity index (χ1v) is 36.1. The van der Waals surface area contributed by atoms with E-state index in [9.17, 15) is 19.8 Å². The number of amides is 1. The lowest BCUT2D eigenvalue weighted by Crippen LogP contribution is -2.45. The molecule has 0 radical (unpaired) electrons. The Kier molecular flexibility index (Phi) is 67.4. The number of esters is 1. The van der Waals surface area contributed by atoms with Gasteiger partial charge in [-0.3, -0.25) is 9.59 Å². The smallest absolute Gasteiger partial charge is 0.305 e. The predicted molar refractivity (Wildman–Crippen MR) is 347 cm³/mol. The molecule has 0 aliphatic carbocycles. The van der Waals surface area contributed by atoms with Gasteiger partial charge in [-0.15, -0.1) is 0 Å². The summed E-state index contributed by atoms with van der Waals surface area (Å²) in [7, 11) is 0. The van der Waals surface area contributed by atoms with Gasteiger partial charge in [-0.2, -0.15) is 0 Å². The van der Waals surface area contributed by atoms with E-state index in [4.69, 9.17) is 4.74 Å². The minimum Gasteiger partial charge on any atom is -0.466 e. The van der Waals surface area contributed by atoms with Crippen molar-refractivity contribution in [2.75, 3.05) is 13.2 Å². The Balaban J connectivity index is 3.35. The van der Waals surface area contributed by atoms with E-state index in [0.29, 0.717) is 25.9 Å². The topological polar surface area (TPSA) is 95.9 Å². The van der Waals surface area contributed by atoms with Crippen molar-refractivity contribution in [2.45, 2.75) is 418 Å². The normalized spacial score (nSPS) is 12.6. The van der Waals surface area contributed by atoms with Crippen molar-refractivity contribution in [1.29, 1.82) is 0 Å². The molecule has 0 saturated carbocycles. The lowest BCUT2D eigenvalue weighted by molar-refractivity contribution is -0.143. The second-order valence-electron chi connectivity index (χ2n) is 24.9. The van der Waals surface area contributed by atoms with E-state index < -0.39 is 12.1 Å². The largest absolute Gasteiger partial charge is 0.466 e. The van der Waals surface area contributed by atoms with Gasteiger partial charge in [0.1, 0.15) is 0 Å². The number of hydrogen-bond donors (Lipinski definition) is 3. The summed E-state index contributed by atoms with van der Waals surface area (Å²) >= 11 is 0. The highest BCUT2D eigenvalue weighted by Gasteiger charge is 2.20. The Morgan fingerprint density at radius 2 is 0.633 bits per heavy atom. The minimum atomic E-state index is -0.663. The van der Waals surface area contributed by atoms with Crippen LogP contribution in [-0.4, -0.2) is 47.4 Å². The zero-order valence-electron chi connectivity index (χ0n) is 53.6. The van der Waals surface area contributed by atoms with Gasteiger partial charge in [0.15, 0.2) is 0 Å². The standard InChI is InChI=1S/C73H141NO5/c1-3-5-7-9-11-13-15-17-19-21-31-34-37-41-45-49-53-57-61-65-71(76)70(69-75)74-72(77)66-62-58-54-50-46-42-38-35-32-29-27-25-23-22-24-26-28-30-33-36-40-44-48-52-56-60-64-68-79-73(78)67-63-59-55-51-47-43-39-20-18-16-14-12-10-8-6-4-2/h14,16,20,39,70-71,75-76H,3-13,15,17-19,21-38,40-69H2,1-2H3,(H,74,77)/b16-14-,39-20-. The Bertz CT molecular complexity index is 1230. The molecule has 0 bridgehead atoms. The molecule has 6 nitrogen and oxygen atoms in total. The number of carbonyl (C=O) groups excluding carboxylic acids is 2. The van der Waals surface area contributed by atoms with Gasteiger partial charge in [-0.1, -0.05) is 359 Å². The molecule has 0 fully saturated rings. The zero-order chi connectivity index (χ0) is 57.1. The van der Waals surface area contributed by atoms with Crippen LogP contribution >= 0.6 is 0 Å². The van der Waals surface area contributed by atoms with Gasteiger partial charge in [0.2, 0.25) is 5.91 Å². The van der Waals surface area contributed by atoms with Crippen LogP contribution < -0.4 is 5.32 Å². The maximum atomic E-state index is 12.5. The Labute approximate surface area is 494 Å². The first kappa shape index (κ1) is 77.3. The number of aliphatic hydroxyl groups excluding tert-OH is 2. The van der Waals surface area contributed by atoms with E-state index in [2.05, 4.69) is 43.5 Å². The van der Waals surface area contributed by atoms with Crippen molar-refractivity contribution in [2.24, 2.45) is 0 Å². The average Bonchev–Trinajstić information content (AvgIpc) is 3.45. The van der Waals surface area contributed by atoms with E-state index in [1.54, 1.807) is 0 Å². The van der Waals surface area contributed by atoms with Gasteiger partial charge in [-0.05, 0) is 57.8 Å². The van der Waals surface area contributed by atoms with Crippen LogP contribution in [0.2, 0.25) is 0 Å². The van der Waals surface area contributed by atoms with E-state index in [1.807, 2.05) is 0 Å². The van der Waals surface area contributed by atoms with Crippen LogP contribution in [0.3, 0.4) is 0 Å². The van der Waals surface area contributed by atoms with E-state index in [1.165, 1.54) is 321 Å². The molecule has 0 aromatic heterocycles. The van der Waals surface area contributed by atoms with Crippen LogP contribution in [-0.2, 0) is 14.3 Å². The van der Waals surface area contributed by atoms with E-state index in [-0.39, 0.29) is 18.5 Å². The highest BCUT2D eigenvalue weighted by molar-refractivity contribution is 5.76. The summed E-state index contributed by atoms with van der Waals surface area (Å²) < 4.78 is 5.49. The van der Waals surface area contributed by atoms with Crippen molar-refractivity contribution in [3.8, 4) is 0 Å². The molecule has 0 spiro atoms. The predicted octanol–water partition coefficient (Wildman–Crippen LogP) is 23.3. The van der Waals surface area contributed by atoms with Crippen molar-refractivity contribution in [3.05, 3.63) is 24.3 Å². The quantitative estimate of drug-likeness (QED) is 0.0320. The molecule has 3 N–H and O–H groups in total. The SMILES string of the molecule is CCCCCC/C=C\C/C=C\CCCCCCCC(=O)OCCCCCCCCCCCCCCCCCCCCCCCCCCCCCC(=O)NC(CO)C(O)CCCCCCCCCCCCCCCCCCCCC. The molecule has 2 atom stereocenters. The first-order chi connectivity index (χ1) is 39.0. The summed E-state index contributed by atoms with van der Waals surface area (Å²) in [5.41, 5.74) is 0. The van der Waals surface area contributed by atoms with Crippen LogP contribution in [0.5, 0.6) is 0 Å². The highest BCUT2D eigenvalue weighted by atomic mass is 16.5. The highest BCUT2D eigenvalue weighted by Crippen LogP contribution is 2.19. The molecule has 0 aromatic rings. The van der Waals surface area contributed by atoms with Crippen LogP contribution in [0.4, 0.5) is 0 Å². The number of allylic oxidation sites excluding steroid dienone is 4. The van der Waals surface area contributed by atoms with Gasteiger partial charge >= 0.3 is 5.97 Å². The first-order valence-electron chi connectivity index (χ1n) is 36.1. The summed E-state index contributed by atoms with van der Waals surface area (Å²) in [5, 5.41) is 23.4. The van der Waals surface area contributed by atoms with Gasteiger partial charge in [0.05, 0.1) is 25.4 Å². The summed E-state index contributed by atoms with van der Waals surface area (Å²) in [6.07, 6.45) is 86.6. The molecule has 6 heteroatoms. The monoisotopic (exact) mass is 1110 g/mol. The van der Waals surface area contributed by atoms with E-state index in [0.717, 1.165) is 51.4 Å². The molecule has 468 valence electrons. The third kappa shape index (κ3) is 65.4. The molecular weight excluding hydrogens is 971 g/mol. The van der Waals surface area contributed by atoms with Crippen LogP contribution in [0.1, 0.15) is 406 Å². The number of aliphatic hydroxyl groups is 2. The van der Waals surface area contributed by atoms with Crippen LogP contribution in [0.25, 0.3) is 0 Å². The molecule has 2 unspecified atom stereocenters. The lowest BCUT2D eigenvalue weighted by atomic mass is 10.0. The van der Waals surface area contributed by atoms with Gasteiger partial charge in [0.25, 0.3) is 0 Å². The molecule has 0 saturated heterocycles. The lowest BCUT2D eigenvalue weighted by Gasteiger charge is -2.22. The maximum Gasteiger partial charge on any atom is 0.305 e. The average molecular weight is 1110 g/mol. The van der Waals surface area contributed by atoms with E-state index >= 15 is 0 Å². The molecule has 0 aliphatic heterocycles. The third-order valence-electron chi connectivity index (χ3n) is 17.0. The van der Waals surface area contributed by atoms with Crippen molar-refractivity contribution >= 4 is 11.9 Å². The Morgan fingerprint density at radius 1 is 0.354 bits per heavy atom. The fourth-order valence-corrected chi connectivity index (χ4v) is 11.5. The molecular formula is C73H141NO5. The van der Waals surface area contributed by atoms with Gasteiger partial charge < -0.3 is 20.3 Å². The second kappa shape index (κ2) is 68.8. The molecule has 0 aromatic carbocycles. The summed E-state index contributed by atoms with van der Waals surface area (Å²) in [6.45, 7) is 4.97. The fraction of sp³-hybridized carbons (Fsp3) is 0.918. The maximum absolute atomic E-state index is 12.5. The second-order valence-corrected chi connectivity index (χ2v) is 24.9. The summed E-state index contributed by atoms with van der Waals surface area (Å²) in [5.74, 6) is -0.0227. The van der Waals surface area contributed by atoms with Crippen LogP contribution in [0.15, 0.2) is 24.3 Å². The molecule has 79 heavy (non-hydrogen) atoms. The van der Waals surface area contributed by atoms with Crippen molar-refractivity contribution < 1.29 is 24.5 Å². The van der Waals surface area contributed by atoms with Crippen LogP contribution in [0, 0.1) is 0 Å². The fourth-order valence-electron chi connectivity index (χ4n) is 11.5. The Morgan fingerprint density at radius 3 is 0.975 bits per heavy atom. The minimum absolute atomic E-state index is 0.00542. The summed E-state index contributed by atoms with van der Waals surface area (Å²) in [4.78, 5) is 24.6. The molecule has 0 aliphatic rings. The number of ether oxygens (including phenoxy) is 1. The zero-order valence-corrected chi connectivity index (χ0v) is 53.6. The van der Waals surface area contributed by atoms with Gasteiger partial charge in [0, 0.05) is 12.8 Å². The van der Waals surface area contributed by atoms with Crippen molar-refractivity contribution in [1.82, 2.24) is 5.32 Å². The van der Waals surface area contributed by atoms with Gasteiger partial charge in [-0.25, -0.2) is 0 Å². The number of unbranched alkanes of at least 4 members (excludes halogenated alkanes) is 53. The molecule has 0 heterocycles. The number of nitrogens with one attached hydrogen (secondary N) is 1.